The Hall–Kier alpha value is -0.260. The lowest BCUT2D eigenvalue weighted by Gasteiger charge is -2.13. The normalized spacial score (nSPS) is 12.6. The summed E-state index contributed by atoms with van der Waals surface area (Å²) in [6.07, 6.45) is 20.4. The molecule has 1 unspecified atom stereocenters. The molecule has 0 rings (SSSR count). The second kappa shape index (κ2) is 14.8. The summed E-state index contributed by atoms with van der Waals surface area (Å²) < 4.78 is 0. The maximum absolute atomic E-state index is 3.80. The maximum Gasteiger partial charge on any atom is -0.0353 e. The van der Waals surface area contributed by atoms with Gasteiger partial charge in [-0.3, -0.25) is 0 Å². The fourth-order valence-corrected chi connectivity index (χ4v) is 2.67. The molecule has 0 aliphatic rings. The molecule has 0 radical (unpaired) electrons. The zero-order valence-electron chi connectivity index (χ0n) is 13.1. The van der Waals surface area contributed by atoms with Gasteiger partial charge in [-0.05, 0) is 18.8 Å². The molecular weight excluding hydrogens is 216 g/mol. The van der Waals surface area contributed by atoms with Gasteiger partial charge in [0.1, 0.15) is 0 Å². The number of hydrogen-bond donors (Lipinski definition) is 0. The molecule has 0 spiro atoms. The Morgan fingerprint density at radius 2 is 1.33 bits per heavy atom. The summed E-state index contributed by atoms with van der Waals surface area (Å²) in [6.45, 7) is 8.44. The van der Waals surface area contributed by atoms with E-state index in [4.69, 9.17) is 0 Å². The molecule has 1 atom stereocenters. The van der Waals surface area contributed by atoms with Gasteiger partial charge in [-0.1, -0.05) is 90.6 Å². The third kappa shape index (κ3) is 12.2. The van der Waals surface area contributed by atoms with Crippen LogP contribution in [-0.4, -0.2) is 0 Å². The first kappa shape index (κ1) is 17.7. The molecule has 0 N–H and O–H groups in total. The van der Waals surface area contributed by atoms with E-state index in [9.17, 15) is 0 Å². The number of rotatable bonds is 14. The summed E-state index contributed by atoms with van der Waals surface area (Å²) in [5.74, 6) is 0.977. The van der Waals surface area contributed by atoms with Crippen molar-refractivity contribution in [3.63, 3.8) is 0 Å². The second-order valence-electron chi connectivity index (χ2n) is 5.76. The predicted octanol–water partition coefficient (Wildman–Crippen LogP) is 6.90. The van der Waals surface area contributed by atoms with Crippen LogP contribution >= 0.6 is 0 Å². The van der Waals surface area contributed by atoms with Gasteiger partial charge in [0, 0.05) is 0 Å². The average molecular weight is 252 g/mol. The predicted molar refractivity (Wildman–Crippen MR) is 85.1 cm³/mol. The van der Waals surface area contributed by atoms with Gasteiger partial charge in [-0.15, -0.1) is 6.58 Å². The van der Waals surface area contributed by atoms with Crippen molar-refractivity contribution in [2.24, 2.45) is 5.92 Å². The van der Waals surface area contributed by atoms with Crippen molar-refractivity contribution in [2.45, 2.75) is 97.3 Å². The van der Waals surface area contributed by atoms with E-state index in [1.165, 1.54) is 83.5 Å². The van der Waals surface area contributed by atoms with E-state index in [1.807, 2.05) is 0 Å². The van der Waals surface area contributed by atoms with E-state index in [2.05, 4.69) is 26.5 Å². The first-order chi connectivity index (χ1) is 8.85. The van der Waals surface area contributed by atoms with Crippen molar-refractivity contribution in [3.8, 4) is 0 Å². The Morgan fingerprint density at radius 1 is 0.778 bits per heavy atom. The highest BCUT2D eigenvalue weighted by molar-refractivity contribution is 4.67. The van der Waals surface area contributed by atoms with Crippen LogP contribution in [0.1, 0.15) is 97.3 Å². The highest BCUT2D eigenvalue weighted by atomic mass is 14.1. The lowest BCUT2D eigenvalue weighted by Crippen LogP contribution is -1.98. The molecule has 0 nitrogen and oxygen atoms in total. The highest BCUT2D eigenvalue weighted by Gasteiger charge is 2.05. The summed E-state index contributed by atoms with van der Waals surface area (Å²) in [7, 11) is 0. The van der Waals surface area contributed by atoms with Crippen molar-refractivity contribution in [1.82, 2.24) is 0 Å². The number of unbranched alkanes of at least 4 members (excludes halogenated alkanes) is 8. The zero-order valence-corrected chi connectivity index (χ0v) is 13.1. The van der Waals surface area contributed by atoms with Crippen molar-refractivity contribution in [1.29, 1.82) is 0 Å². The van der Waals surface area contributed by atoms with Gasteiger partial charge >= 0.3 is 0 Å². The molecule has 0 aliphatic carbocycles. The minimum absolute atomic E-state index is 0.977. The SMILES string of the molecule is C=CCCCC(CC)CCCCCCCCCC. The van der Waals surface area contributed by atoms with Crippen LogP contribution in [0, 0.1) is 5.92 Å². The molecule has 18 heavy (non-hydrogen) atoms. The van der Waals surface area contributed by atoms with Crippen LogP contribution in [0.5, 0.6) is 0 Å². The molecule has 0 aromatic carbocycles. The van der Waals surface area contributed by atoms with E-state index in [-0.39, 0.29) is 0 Å². The van der Waals surface area contributed by atoms with Gasteiger partial charge in [0.05, 0.1) is 0 Å². The Labute approximate surface area is 116 Å². The maximum atomic E-state index is 3.80. The molecule has 0 aromatic heterocycles. The molecule has 0 bridgehead atoms. The third-order valence-corrected chi connectivity index (χ3v) is 4.06. The molecule has 0 aliphatic heterocycles. The van der Waals surface area contributed by atoms with Crippen molar-refractivity contribution < 1.29 is 0 Å². The number of allylic oxidation sites excluding steroid dienone is 1. The third-order valence-electron chi connectivity index (χ3n) is 4.06. The first-order valence-electron chi connectivity index (χ1n) is 8.46. The average Bonchev–Trinajstić information content (AvgIpc) is 2.40. The van der Waals surface area contributed by atoms with E-state index in [0.717, 1.165) is 5.92 Å². The van der Waals surface area contributed by atoms with Crippen LogP contribution in [0.15, 0.2) is 12.7 Å². The fraction of sp³-hybridized carbons (Fsp3) is 0.889. The minimum atomic E-state index is 0.977. The van der Waals surface area contributed by atoms with Crippen LogP contribution in [0.3, 0.4) is 0 Å². The summed E-state index contributed by atoms with van der Waals surface area (Å²) in [6, 6.07) is 0. The van der Waals surface area contributed by atoms with Crippen molar-refractivity contribution in [3.05, 3.63) is 12.7 Å². The van der Waals surface area contributed by atoms with E-state index in [1.54, 1.807) is 0 Å². The monoisotopic (exact) mass is 252 g/mol. The van der Waals surface area contributed by atoms with Gasteiger partial charge < -0.3 is 0 Å². The first-order valence-corrected chi connectivity index (χ1v) is 8.46. The summed E-state index contributed by atoms with van der Waals surface area (Å²) in [4.78, 5) is 0. The quantitative estimate of drug-likeness (QED) is 0.233. The fourth-order valence-electron chi connectivity index (χ4n) is 2.67. The lowest BCUT2D eigenvalue weighted by molar-refractivity contribution is 0.402. The van der Waals surface area contributed by atoms with Gasteiger partial charge in [0.25, 0.3) is 0 Å². The summed E-state index contributed by atoms with van der Waals surface area (Å²) >= 11 is 0. The van der Waals surface area contributed by atoms with Crippen LogP contribution in [-0.2, 0) is 0 Å². The van der Waals surface area contributed by atoms with Crippen LogP contribution in [0.4, 0.5) is 0 Å². The zero-order chi connectivity index (χ0) is 13.5. The topological polar surface area (TPSA) is 0 Å². The standard InChI is InChI=1S/C18H36/c1-4-7-9-10-11-12-13-15-17-18(6-3)16-14-8-5-2/h5,18H,2,4,6-17H2,1,3H3. The van der Waals surface area contributed by atoms with Gasteiger partial charge in [-0.25, -0.2) is 0 Å². The van der Waals surface area contributed by atoms with Gasteiger partial charge in [0.15, 0.2) is 0 Å². The van der Waals surface area contributed by atoms with Crippen molar-refractivity contribution >= 4 is 0 Å². The van der Waals surface area contributed by atoms with Crippen LogP contribution < -0.4 is 0 Å². The van der Waals surface area contributed by atoms with Gasteiger partial charge in [0.2, 0.25) is 0 Å². The molecule has 108 valence electrons. The van der Waals surface area contributed by atoms with Crippen molar-refractivity contribution in [2.75, 3.05) is 0 Å². The highest BCUT2D eigenvalue weighted by Crippen LogP contribution is 2.20. The lowest BCUT2D eigenvalue weighted by atomic mass is 9.93. The van der Waals surface area contributed by atoms with Gasteiger partial charge in [-0.2, -0.15) is 0 Å². The Morgan fingerprint density at radius 3 is 1.89 bits per heavy atom. The minimum Gasteiger partial charge on any atom is -0.103 e. The van der Waals surface area contributed by atoms with E-state index >= 15 is 0 Å². The molecule has 0 aromatic rings. The molecule has 0 saturated carbocycles. The second-order valence-corrected chi connectivity index (χ2v) is 5.76. The Bertz CT molecular complexity index is 159. The molecule has 0 amide bonds. The summed E-state index contributed by atoms with van der Waals surface area (Å²) in [5.41, 5.74) is 0. The smallest absolute Gasteiger partial charge is 0.0353 e. The largest absolute Gasteiger partial charge is 0.103 e. The molecular formula is C18H36. The molecule has 0 heteroatoms. The summed E-state index contributed by atoms with van der Waals surface area (Å²) in [5, 5.41) is 0. The molecule has 0 saturated heterocycles. The van der Waals surface area contributed by atoms with Crippen LogP contribution in [0.25, 0.3) is 0 Å². The van der Waals surface area contributed by atoms with E-state index in [0.29, 0.717) is 0 Å². The van der Waals surface area contributed by atoms with E-state index < -0.39 is 0 Å². The number of hydrogen-bond acceptors (Lipinski definition) is 0. The Balaban J connectivity index is 3.25. The van der Waals surface area contributed by atoms with Crippen LogP contribution in [0.2, 0.25) is 0 Å². The molecule has 0 heterocycles. The molecule has 0 fully saturated rings. The Kier molecular flexibility index (Phi) is 14.6.